The molecular weight excluding hydrogens is 231 g/mol. The Morgan fingerprint density at radius 3 is 2.53 bits per heavy atom. The lowest BCUT2D eigenvalue weighted by atomic mass is 9.93. The first-order valence-corrected chi connectivity index (χ1v) is 5.55. The third-order valence-corrected chi connectivity index (χ3v) is 3.08. The molecule has 1 saturated heterocycles. The number of hydrogen-bond donors (Lipinski definition) is 2. The molecule has 0 bridgehead atoms. The van der Waals surface area contributed by atoms with Crippen LogP contribution >= 0.6 is 0 Å². The molecule has 2 unspecified atom stereocenters. The van der Waals surface area contributed by atoms with Crippen molar-refractivity contribution in [2.75, 3.05) is 6.54 Å². The van der Waals surface area contributed by atoms with Crippen LogP contribution in [0.5, 0.6) is 0 Å². The average Bonchev–Trinajstić information content (AvgIpc) is 2.13. The smallest absolute Gasteiger partial charge is 0.391 e. The summed E-state index contributed by atoms with van der Waals surface area (Å²) in [6.07, 6.45) is -4.27. The molecule has 1 fully saturated rings. The quantitative estimate of drug-likeness (QED) is 0.853. The average molecular weight is 245 g/mol. The Morgan fingerprint density at radius 1 is 1.35 bits per heavy atom. The van der Waals surface area contributed by atoms with E-state index < -0.39 is 17.8 Å². The summed E-state index contributed by atoms with van der Waals surface area (Å²) in [4.78, 5) is 0. The minimum atomic E-state index is -4.36. The normalized spacial score (nSPS) is 22.0. The Kier molecular flexibility index (Phi) is 3.40. The molecule has 1 aromatic rings. The van der Waals surface area contributed by atoms with Gasteiger partial charge in [-0.2, -0.15) is 13.2 Å². The molecule has 17 heavy (non-hydrogen) atoms. The molecule has 2 rings (SSSR count). The highest BCUT2D eigenvalue weighted by Crippen LogP contribution is 2.32. The highest BCUT2D eigenvalue weighted by Gasteiger charge is 2.34. The van der Waals surface area contributed by atoms with Gasteiger partial charge in [-0.25, -0.2) is 0 Å². The number of rotatable bonds is 3. The monoisotopic (exact) mass is 245 g/mol. The van der Waals surface area contributed by atoms with E-state index in [0.29, 0.717) is 0 Å². The lowest BCUT2D eigenvalue weighted by molar-refractivity contribution is -0.138. The van der Waals surface area contributed by atoms with Gasteiger partial charge in [-0.1, -0.05) is 18.2 Å². The zero-order valence-corrected chi connectivity index (χ0v) is 9.17. The van der Waals surface area contributed by atoms with Gasteiger partial charge in [0.25, 0.3) is 0 Å². The highest BCUT2D eigenvalue weighted by molar-refractivity contribution is 5.30. The van der Waals surface area contributed by atoms with Crippen LogP contribution in [0.1, 0.15) is 17.5 Å². The number of nitrogens with one attached hydrogen (secondary N) is 1. The first-order valence-electron chi connectivity index (χ1n) is 5.55. The summed E-state index contributed by atoms with van der Waals surface area (Å²) in [5.41, 5.74) is -0.500. The van der Waals surface area contributed by atoms with Crippen molar-refractivity contribution in [3.8, 4) is 0 Å². The lowest BCUT2D eigenvalue weighted by Crippen LogP contribution is -2.51. The molecule has 94 valence electrons. The van der Waals surface area contributed by atoms with Crippen LogP contribution in [0, 0.1) is 0 Å². The summed E-state index contributed by atoms with van der Waals surface area (Å²) >= 11 is 0. The molecule has 0 amide bonds. The van der Waals surface area contributed by atoms with Crippen LogP contribution in [-0.2, 0) is 12.6 Å². The Labute approximate surface area is 97.5 Å². The zero-order chi connectivity index (χ0) is 12.5. The maximum atomic E-state index is 12.7. The Hall–Kier alpha value is -1.07. The van der Waals surface area contributed by atoms with Gasteiger partial charge in [0.15, 0.2) is 0 Å². The largest absolute Gasteiger partial charge is 0.416 e. The summed E-state index contributed by atoms with van der Waals surface area (Å²) < 4.78 is 38.1. The summed E-state index contributed by atoms with van der Waals surface area (Å²) in [6, 6.07) is 5.32. The predicted molar refractivity (Wildman–Crippen MR) is 57.6 cm³/mol. The molecule has 5 heteroatoms. The van der Waals surface area contributed by atoms with E-state index in [1.54, 1.807) is 6.07 Å². The second-order valence-electron chi connectivity index (χ2n) is 4.28. The summed E-state index contributed by atoms with van der Waals surface area (Å²) in [5.74, 6) is 0. The van der Waals surface area contributed by atoms with Gasteiger partial charge in [0.2, 0.25) is 0 Å². The van der Waals surface area contributed by atoms with E-state index in [0.717, 1.165) is 19.0 Å². The van der Waals surface area contributed by atoms with Crippen LogP contribution in [0.3, 0.4) is 0 Å². The van der Waals surface area contributed by atoms with E-state index in [9.17, 15) is 18.3 Å². The molecule has 0 spiro atoms. The fraction of sp³-hybridized carbons (Fsp3) is 0.500. The number of halogens is 3. The van der Waals surface area contributed by atoms with Crippen molar-refractivity contribution in [2.45, 2.75) is 31.2 Å². The van der Waals surface area contributed by atoms with Gasteiger partial charge in [0.05, 0.1) is 11.7 Å². The van der Waals surface area contributed by atoms with Crippen LogP contribution in [0.2, 0.25) is 0 Å². The number of hydrogen-bond acceptors (Lipinski definition) is 2. The van der Waals surface area contributed by atoms with Crippen molar-refractivity contribution in [1.29, 1.82) is 0 Å². The topological polar surface area (TPSA) is 32.3 Å². The van der Waals surface area contributed by atoms with E-state index >= 15 is 0 Å². The van der Waals surface area contributed by atoms with E-state index in [-0.39, 0.29) is 18.0 Å². The van der Waals surface area contributed by atoms with Gasteiger partial charge < -0.3 is 10.4 Å². The first-order chi connectivity index (χ1) is 7.98. The molecule has 1 aliphatic heterocycles. The minimum Gasteiger partial charge on any atom is -0.391 e. The number of benzene rings is 1. The predicted octanol–water partition coefficient (Wildman–Crippen LogP) is 1.97. The van der Waals surface area contributed by atoms with Gasteiger partial charge in [0.1, 0.15) is 0 Å². The fourth-order valence-corrected chi connectivity index (χ4v) is 1.98. The van der Waals surface area contributed by atoms with E-state index in [2.05, 4.69) is 5.32 Å². The van der Waals surface area contributed by atoms with Crippen LogP contribution < -0.4 is 5.32 Å². The molecule has 2 nitrogen and oxygen atoms in total. The highest BCUT2D eigenvalue weighted by atomic mass is 19.4. The molecule has 0 saturated carbocycles. The lowest BCUT2D eigenvalue weighted by Gasteiger charge is -2.32. The Bertz CT molecular complexity index is 388. The fourth-order valence-electron chi connectivity index (χ4n) is 1.98. The van der Waals surface area contributed by atoms with Crippen molar-refractivity contribution >= 4 is 0 Å². The van der Waals surface area contributed by atoms with Crippen molar-refractivity contribution in [3.05, 3.63) is 35.4 Å². The van der Waals surface area contributed by atoms with Gasteiger partial charge in [0, 0.05) is 12.5 Å². The third kappa shape index (κ3) is 2.79. The zero-order valence-electron chi connectivity index (χ0n) is 9.17. The molecular formula is C12H14F3NO. The van der Waals surface area contributed by atoms with Gasteiger partial charge in [-0.3, -0.25) is 0 Å². The van der Waals surface area contributed by atoms with Crippen LogP contribution in [0.4, 0.5) is 13.2 Å². The maximum absolute atomic E-state index is 12.7. The van der Waals surface area contributed by atoms with Crippen LogP contribution in [-0.4, -0.2) is 23.8 Å². The Balaban J connectivity index is 2.14. The van der Waals surface area contributed by atoms with Crippen molar-refractivity contribution < 1.29 is 18.3 Å². The standard InChI is InChI=1S/C12H14F3NO/c13-12(14,15)9-4-2-1-3-8(9)7-11(17)10-5-6-16-10/h1-4,10-11,16-17H,5-7H2. The second-order valence-corrected chi connectivity index (χ2v) is 4.28. The Morgan fingerprint density at radius 2 is 2.00 bits per heavy atom. The summed E-state index contributed by atoms with van der Waals surface area (Å²) in [6.45, 7) is 0.822. The molecule has 2 atom stereocenters. The molecule has 0 radical (unpaired) electrons. The van der Waals surface area contributed by atoms with E-state index in [1.165, 1.54) is 12.1 Å². The van der Waals surface area contributed by atoms with E-state index in [4.69, 9.17) is 0 Å². The van der Waals surface area contributed by atoms with Crippen molar-refractivity contribution in [2.24, 2.45) is 0 Å². The minimum absolute atomic E-state index is 0.0351. The molecule has 1 aliphatic rings. The summed E-state index contributed by atoms with van der Waals surface area (Å²) in [7, 11) is 0. The van der Waals surface area contributed by atoms with Crippen molar-refractivity contribution in [1.82, 2.24) is 5.32 Å². The molecule has 1 aromatic carbocycles. The molecule has 0 aliphatic carbocycles. The van der Waals surface area contributed by atoms with Crippen LogP contribution in [0.15, 0.2) is 24.3 Å². The molecule has 1 heterocycles. The second kappa shape index (κ2) is 4.66. The van der Waals surface area contributed by atoms with Gasteiger partial charge >= 0.3 is 6.18 Å². The summed E-state index contributed by atoms with van der Waals surface area (Å²) in [5, 5.41) is 12.8. The number of alkyl halides is 3. The van der Waals surface area contributed by atoms with Crippen LogP contribution in [0.25, 0.3) is 0 Å². The molecule has 0 aromatic heterocycles. The number of aliphatic hydroxyl groups excluding tert-OH is 1. The van der Waals surface area contributed by atoms with Crippen molar-refractivity contribution in [3.63, 3.8) is 0 Å². The maximum Gasteiger partial charge on any atom is 0.416 e. The third-order valence-electron chi connectivity index (χ3n) is 3.08. The van der Waals surface area contributed by atoms with Gasteiger partial charge in [-0.05, 0) is 24.6 Å². The van der Waals surface area contributed by atoms with E-state index in [1.807, 2.05) is 0 Å². The SMILES string of the molecule is OC(Cc1ccccc1C(F)(F)F)C1CCN1. The van der Waals surface area contributed by atoms with Gasteiger partial charge in [-0.15, -0.1) is 0 Å². The number of aliphatic hydroxyl groups is 1. The first kappa shape index (κ1) is 12.4. The molecule has 2 N–H and O–H groups in total.